The van der Waals surface area contributed by atoms with E-state index in [1.807, 2.05) is 33.0 Å². The van der Waals surface area contributed by atoms with E-state index in [1.54, 1.807) is 0 Å². The van der Waals surface area contributed by atoms with Gasteiger partial charge in [-0.1, -0.05) is 18.2 Å². The Balaban J connectivity index is 1.96. The van der Waals surface area contributed by atoms with Crippen LogP contribution in [-0.2, 0) is 4.79 Å². The predicted molar refractivity (Wildman–Crippen MR) is 110 cm³/mol. The molecule has 1 aromatic heterocycles. The average molecular weight is 346 g/mol. The predicted octanol–water partition coefficient (Wildman–Crippen LogP) is 5.38. The minimum Gasteiger partial charge on any atom is -0.361 e. The summed E-state index contributed by atoms with van der Waals surface area (Å²) in [4.78, 5) is 15.4. The van der Waals surface area contributed by atoms with E-state index in [4.69, 9.17) is 0 Å². The molecular formula is C23H26N2O. The molecule has 1 heterocycles. The van der Waals surface area contributed by atoms with Crippen molar-refractivity contribution in [2.24, 2.45) is 0 Å². The molecule has 134 valence electrons. The Labute approximate surface area is 155 Å². The molecule has 2 N–H and O–H groups in total. The molecule has 0 fully saturated rings. The lowest BCUT2D eigenvalue weighted by Crippen LogP contribution is -2.30. The fourth-order valence-electron chi connectivity index (χ4n) is 3.20. The summed E-state index contributed by atoms with van der Waals surface area (Å²) in [5.41, 5.74) is 7.77. The molecular weight excluding hydrogens is 320 g/mol. The van der Waals surface area contributed by atoms with Crippen molar-refractivity contribution >= 4 is 22.9 Å². The monoisotopic (exact) mass is 346 g/mol. The number of H-pyrrole nitrogens is 1. The van der Waals surface area contributed by atoms with Crippen molar-refractivity contribution in [3.8, 4) is 11.1 Å². The van der Waals surface area contributed by atoms with Crippen LogP contribution in [0.15, 0.2) is 48.2 Å². The molecule has 0 atom stereocenters. The summed E-state index contributed by atoms with van der Waals surface area (Å²) >= 11 is 0. The standard InChI is InChI=1S/C23H26N2O/c1-14(2)25-23(26)17(5)11-20-10-16(4)21(12-15(20)3)18-6-7-22-19(13-18)8-9-24-22/h6-14,24H,1-5H3,(H,25,26). The van der Waals surface area contributed by atoms with Crippen molar-refractivity contribution < 1.29 is 4.79 Å². The number of benzene rings is 2. The van der Waals surface area contributed by atoms with Crippen molar-refractivity contribution in [2.75, 3.05) is 0 Å². The average Bonchev–Trinajstić information content (AvgIpc) is 3.04. The molecule has 0 unspecified atom stereocenters. The molecule has 3 aromatic rings. The van der Waals surface area contributed by atoms with Crippen molar-refractivity contribution in [3.05, 3.63) is 64.9 Å². The Bertz CT molecular complexity index is 993. The Hall–Kier alpha value is -2.81. The number of rotatable bonds is 4. The molecule has 0 radical (unpaired) electrons. The van der Waals surface area contributed by atoms with Gasteiger partial charge in [0, 0.05) is 23.3 Å². The Morgan fingerprint density at radius 2 is 1.85 bits per heavy atom. The molecule has 0 aliphatic heterocycles. The number of amides is 1. The van der Waals surface area contributed by atoms with Gasteiger partial charge in [-0.05, 0) is 92.1 Å². The van der Waals surface area contributed by atoms with Gasteiger partial charge >= 0.3 is 0 Å². The van der Waals surface area contributed by atoms with Gasteiger partial charge in [0.1, 0.15) is 0 Å². The smallest absolute Gasteiger partial charge is 0.247 e. The van der Waals surface area contributed by atoms with E-state index in [-0.39, 0.29) is 11.9 Å². The van der Waals surface area contributed by atoms with Crippen LogP contribution in [0.2, 0.25) is 0 Å². The molecule has 3 nitrogen and oxygen atoms in total. The van der Waals surface area contributed by atoms with Crippen LogP contribution in [0.25, 0.3) is 28.1 Å². The minimum absolute atomic E-state index is 0.0148. The number of fused-ring (bicyclic) bond motifs is 1. The second-order valence-corrected chi connectivity index (χ2v) is 7.26. The fraction of sp³-hybridized carbons (Fsp3) is 0.261. The van der Waals surface area contributed by atoms with E-state index < -0.39 is 0 Å². The highest BCUT2D eigenvalue weighted by Crippen LogP contribution is 2.29. The summed E-state index contributed by atoms with van der Waals surface area (Å²) in [5, 5.41) is 4.15. The summed E-state index contributed by atoms with van der Waals surface area (Å²) in [6.45, 7) is 10.0. The van der Waals surface area contributed by atoms with Gasteiger partial charge in [0.05, 0.1) is 0 Å². The fourth-order valence-corrected chi connectivity index (χ4v) is 3.20. The van der Waals surface area contributed by atoms with Crippen molar-refractivity contribution in [1.82, 2.24) is 10.3 Å². The third-order valence-corrected chi connectivity index (χ3v) is 4.63. The number of carbonyl (C=O) groups excluding carboxylic acids is 1. The summed E-state index contributed by atoms with van der Waals surface area (Å²) < 4.78 is 0. The van der Waals surface area contributed by atoms with E-state index in [0.717, 1.165) is 22.2 Å². The zero-order valence-corrected chi connectivity index (χ0v) is 16.1. The molecule has 0 aliphatic carbocycles. The number of hydrogen-bond donors (Lipinski definition) is 2. The van der Waals surface area contributed by atoms with Crippen LogP contribution in [0.4, 0.5) is 0 Å². The van der Waals surface area contributed by atoms with Gasteiger partial charge in [-0.15, -0.1) is 0 Å². The van der Waals surface area contributed by atoms with Crippen LogP contribution in [-0.4, -0.2) is 16.9 Å². The Morgan fingerprint density at radius 1 is 1.08 bits per heavy atom. The largest absolute Gasteiger partial charge is 0.361 e. The van der Waals surface area contributed by atoms with Crippen LogP contribution in [0.5, 0.6) is 0 Å². The summed E-state index contributed by atoms with van der Waals surface area (Å²) in [6, 6.07) is 13.1. The second-order valence-electron chi connectivity index (χ2n) is 7.26. The maximum Gasteiger partial charge on any atom is 0.247 e. The molecule has 0 saturated carbocycles. The highest BCUT2D eigenvalue weighted by Gasteiger charge is 2.10. The van der Waals surface area contributed by atoms with Crippen molar-refractivity contribution in [1.29, 1.82) is 0 Å². The van der Waals surface area contributed by atoms with E-state index in [1.165, 1.54) is 22.1 Å². The maximum absolute atomic E-state index is 12.2. The van der Waals surface area contributed by atoms with Crippen LogP contribution in [0.1, 0.15) is 37.5 Å². The van der Waals surface area contributed by atoms with Crippen LogP contribution in [0, 0.1) is 13.8 Å². The molecule has 0 bridgehead atoms. The third-order valence-electron chi connectivity index (χ3n) is 4.63. The Kier molecular flexibility index (Phi) is 4.99. The van der Waals surface area contributed by atoms with Crippen LogP contribution >= 0.6 is 0 Å². The number of aromatic nitrogens is 1. The topological polar surface area (TPSA) is 44.9 Å². The quantitative estimate of drug-likeness (QED) is 0.612. The third kappa shape index (κ3) is 3.72. The van der Waals surface area contributed by atoms with E-state index in [9.17, 15) is 4.79 Å². The number of carbonyl (C=O) groups is 1. The zero-order valence-electron chi connectivity index (χ0n) is 16.1. The summed E-state index contributed by atoms with van der Waals surface area (Å²) in [7, 11) is 0. The molecule has 3 heteroatoms. The molecule has 2 aromatic carbocycles. The first-order valence-corrected chi connectivity index (χ1v) is 9.03. The SMILES string of the molecule is CC(=Cc1cc(C)c(-c2ccc3[nH]ccc3c2)cc1C)C(=O)NC(C)C. The first kappa shape index (κ1) is 18.0. The van der Waals surface area contributed by atoms with Gasteiger partial charge in [-0.3, -0.25) is 4.79 Å². The van der Waals surface area contributed by atoms with Gasteiger partial charge in [-0.2, -0.15) is 0 Å². The first-order valence-electron chi connectivity index (χ1n) is 9.03. The number of aromatic amines is 1. The highest BCUT2D eigenvalue weighted by molar-refractivity contribution is 5.97. The molecule has 26 heavy (non-hydrogen) atoms. The van der Waals surface area contributed by atoms with Gasteiger partial charge in [-0.25, -0.2) is 0 Å². The number of nitrogens with one attached hydrogen (secondary N) is 2. The highest BCUT2D eigenvalue weighted by atomic mass is 16.1. The van der Waals surface area contributed by atoms with Crippen LogP contribution in [0.3, 0.4) is 0 Å². The van der Waals surface area contributed by atoms with Crippen molar-refractivity contribution in [3.63, 3.8) is 0 Å². The van der Waals surface area contributed by atoms with E-state index in [0.29, 0.717) is 0 Å². The van der Waals surface area contributed by atoms with Crippen molar-refractivity contribution in [2.45, 2.75) is 40.7 Å². The van der Waals surface area contributed by atoms with Gasteiger partial charge in [0.15, 0.2) is 0 Å². The van der Waals surface area contributed by atoms with E-state index >= 15 is 0 Å². The number of aryl methyl sites for hydroxylation is 2. The van der Waals surface area contributed by atoms with E-state index in [2.05, 4.69) is 60.5 Å². The first-order chi connectivity index (χ1) is 12.3. The van der Waals surface area contributed by atoms with Crippen LogP contribution < -0.4 is 5.32 Å². The maximum atomic E-state index is 12.2. The number of hydrogen-bond acceptors (Lipinski definition) is 1. The molecule has 0 spiro atoms. The summed E-state index contributed by atoms with van der Waals surface area (Å²) in [6.07, 6.45) is 3.94. The zero-order chi connectivity index (χ0) is 18.8. The minimum atomic E-state index is -0.0148. The summed E-state index contributed by atoms with van der Waals surface area (Å²) in [5.74, 6) is -0.0148. The molecule has 0 aliphatic rings. The normalized spacial score (nSPS) is 12.0. The molecule has 0 saturated heterocycles. The van der Waals surface area contributed by atoms with Gasteiger partial charge < -0.3 is 10.3 Å². The second kappa shape index (κ2) is 7.20. The molecule has 1 amide bonds. The lowest BCUT2D eigenvalue weighted by molar-refractivity contribution is -0.117. The van der Waals surface area contributed by atoms with Gasteiger partial charge in [0.25, 0.3) is 0 Å². The lowest BCUT2D eigenvalue weighted by Gasteiger charge is -2.12. The lowest BCUT2D eigenvalue weighted by atomic mass is 9.93. The van der Waals surface area contributed by atoms with Gasteiger partial charge in [0.2, 0.25) is 5.91 Å². The Morgan fingerprint density at radius 3 is 2.58 bits per heavy atom. The molecule has 3 rings (SSSR count).